The molecular formula is C12H20N2O3. The van der Waals surface area contributed by atoms with Crippen molar-refractivity contribution >= 4 is 11.8 Å². The van der Waals surface area contributed by atoms with E-state index in [1.807, 2.05) is 11.8 Å². The Bertz CT molecular complexity index is 319. The van der Waals surface area contributed by atoms with Crippen LogP contribution in [0.5, 0.6) is 0 Å². The number of rotatable bonds is 3. The van der Waals surface area contributed by atoms with Crippen molar-refractivity contribution in [1.29, 1.82) is 0 Å². The van der Waals surface area contributed by atoms with Gasteiger partial charge < -0.3 is 14.5 Å². The van der Waals surface area contributed by atoms with E-state index in [4.69, 9.17) is 4.74 Å². The van der Waals surface area contributed by atoms with Gasteiger partial charge in [0.1, 0.15) is 12.6 Å². The average Bonchev–Trinajstić information content (AvgIpc) is 2.34. The number of methoxy groups -OCH3 is 1. The molecule has 2 rings (SSSR count). The summed E-state index contributed by atoms with van der Waals surface area (Å²) >= 11 is 0. The summed E-state index contributed by atoms with van der Waals surface area (Å²) in [5.74, 6) is 0.597. The fourth-order valence-electron chi connectivity index (χ4n) is 2.84. The summed E-state index contributed by atoms with van der Waals surface area (Å²) < 4.78 is 4.87. The Morgan fingerprint density at radius 3 is 2.94 bits per heavy atom. The lowest BCUT2D eigenvalue weighted by molar-refractivity contribution is -0.155. The molecule has 2 fully saturated rings. The first-order valence-electron chi connectivity index (χ1n) is 6.24. The standard InChI is InChI=1S/C12H20N2O3/c1-3-13-7-9-4-5-14(11(15)8-17-2)10(6-9)12(13)16/h9-10H,3-8H2,1-2H3/t9-,10+/m0/s1. The summed E-state index contributed by atoms with van der Waals surface area (Å²) in [6.07, 6.45) is 1.82. The maximum atomic E-state index is 12.2. The van der Waals surface area contributed by atoms with Crippen LogP contribution in [0.2, 0.25) is 0 Å². The van der Waals surface area contributed by atoms with Crippen LogP contribution in [0, 0.1) is 5.92 Å². The molecule has 2 amide bonds. The van der Waals surface area contributed by atoms with E-state index in [1.165, 1.54) is 7.11 Å². The van der Waals surface area contributed by atoms with Crippen LogP contribution in [0.1, 0.15) is 19.8 Å². The van der Waals surface area contributed by atoms with Gasteiger partial charge in [0.2, 0.25) is 11.8 Å². The zero-order valence-corrected chi connectivity index (χ0v) is 10.5. The van der Waals surface area contributed by atoms with Crippen molar-refractivity contribution in [3.63, 3.8) is 0 Å². The molecule has 2 atom stereocenters. The van der Waals surface area contributed by atoms with Crippen molar-refractivity contribution in [2.24, 2.45) is 5.92 Å². The number of carbonyl (C=O) groups is 2. The van der Waals surface area contributed by atoms with E-state index in [9.17, 15) is 9.59 Å². The first kappa shape index (κ1) is 12.4. The number of amides is 2. The van der Waals surface area contributed by atoms with Gasteiger partial charge in [0.15, 0.2) is 0 Å². The second kappa shape index (κ2) is 5.04. The summed E-state index contributed by atoms with van der Waals surface area (Å²) in [5.41, 5.74) is 0. The molecule has 5 heteroatoms. The van der Waals surface area contributed by atoms with Gasteiger partial charge in [-0.25, -0.2) is 0 Å². The molecule has 2 aliphatic heterocycles. The second-order valence-electron chi connectivity index (χ2n) is 4.80. The molecule has 0 saturated carbocycles. The van der Waals surface area contributed by atoms with Gasteiger partial charge in [-0.3, -0.25) is 9.59 Å². The van der Waals surface area contributed by atoms with Gasteiger partial charge in [-0.05, 0) is 25.7 Å². The molecule has 0 aromatic heterocycles. The molecule has 2 bridgehead atoms. The minimum Gasteiger partial charge on any atom is -0.375 e. The molecule has 0 aromatic rings. The fourth-order valence-corrected chi connectivity index (χ4v) is 2.84. The molecule has 2 saturated heterocycles. The second-order valence-corrected chi connectivity index (χ2v) is 4.80. The van der Waals surface area contributed by atoms with Crippen molar-refractivity contribution < 1.29 is 14.3 Å². The Balaban J connectivity index is 2.10. The minimum absolute atomic E-state index is 0.0674. The number of nitrogens with zero attached hydrogens (tertiary/aromatic N) is 2. The van der Waals surface area contributed by atoms with E-state index >= 15 is 0 Å². The number of likely N-dealkylation sites (N-methyl/N-ethyl adjacent to an activating group) is 1. The third-order valence-corrected chi connectivity index (χ3v) is 3.76. The van der Waals surface area contributed by atoms with Gasteiger partial charge in [0, 0.05) is 26.7 Å². The third kappa shape index (κ3) is 2.29. The number of likely N-dealkylation sites (tertiary alicyclic amines) is 2. The molecular weight excluding hydrogens is 220 g/mol. The smallest absolute Gasteiger partial charge is 0.249 e. The van der Waals surface area contributed by atoms with E-state index in [0.717, 1.165) is 25.9 Å². The highest BCUT2D eigenvalue weighted by Gasteiger charge is 2.42. The van der Waals surface area contributed by atoms with Gasteiger partial charge in [-0.2, -0.15) is 0 Å². The molecule has 5 nitrogen and oxygen atoms in total. The largest absolute Gasteiger partial charge is 0.375 e. The predicted octanol–water partition coefficient (Wildman–Crippen LogP) is 0.102. The third-order valence-electron chi connectivity index (χ3n) is 3.76. The summed E-state index contributed by atoms with van der Waals surface area (Å²) in [7, 11) is 1.51. The number of hydrogen-bond donors (Lipinski definition) is 0. The molecule has 0 spiro atoms. The molecule has 0 radical (unpaired) electrons. The average molecular weight is 240 g/mol. The van der Waals surface area contributed by atoms with Crippen molar-refractivity contribution in [2.45, 2.75) is 25.8 Å². The van der Waals surface area contributed by atoms with Crippen LogP contribution in [0.3, 0.4) is 0 Å². The lowest BCUT2D eigenvalue weighted by Gasteiger charge is -2.46. The number of hydrogen-bond acceptors (Lipinski definition) is 3. The van der Waals surface area contributed by atoms with Gasteiger partial charge in [0.05, 0.1) is 0 Å². The summed E-state index contributed by atoms with van der Waals surface area (Å²) in [5, 5.41) is 0. The summed E-state index contributed by atoms with van der Waals surface area (Å²) in [6, 6.07) is -0.245. The van der Waals surface area contributed by atoms with Crippen LogP contribution in [0.25, 0.3) is 0 Å². The lowest BCUT2D eigenvalue weighted by Crippen LogP contribution is -2.60. The summed E-state index contributed by atoms with van der Waals surface area (Å²) in [4.78, 5) is 27.6. The zero-order chi connectivity index (χ0) is 12.4. The minimum atomic E-state index is -0.245. The first-order valence-corrected chi connectivity index (χ1v) is 6.24. The molecule has 0 N–H and O–H groups in total. The van der Waals surface area contributed by atoms with Gasteiger partial charge in [-0.15, -0.1) is 0 Å². The van der Waals surface area contributed by atoms with E-state index < -0.39 is 0 Å². The van der Waals surface area contributed by atoms with Gasteiger partial charge >= 0.3 is 0 Å². The van der Waals surface area contributed by atoms with Crippen LogP contribution >= 0.6 is 0 Å². The van der Waals surface area contributed by atoms with E-state index in [1.54, 1.807) is 4.90 Å². The molecule has 0 aromatic carbocycles. The molecule has 0 unspecified atom stereocenters. The maximum absolute atomic E-state index is 12.2. The van der Waals surface area contributed by atoms with Crippen LogP contribution in [0.15, 0.2) is 0 Å². The van der Waals surface area contributed by atoms with Crippen LogP contribution in [0.4, 0.5) is 0 Å². The Morgan fingerprint density at radius 1 is 1.53 bits per heavy atom. The molecule has 2 heterocycles. The van der Waals surface area contributed by atoms with Gasteiger partial charge in [-0.1, -0.05) is 0 Å². The van der Waals surface area contributed by atoms with E-state index in [2.05, 4.69) is 0 Å². The Labute approximate surface area is 102 Å². The topological polar surface area (TPSA) is 49.9 Å². The lowest BCUT2D eigenvalue weighted by atomic mass is 9.86. The van der Waals surface area contributed by atoms with Gasteiger partial charge in [0.25, 0.3) is 0 Å². The number of ether oxygens (including phenoxy) is 1. The SMILES string of the molecule is CCN1C[C@H]2CCN(C(=O)COC)[C@H](C2)C1=O. The maximum Gasteiger partial charge on any atom is 0.249 e. The Hall–Kier alpha value is -1.10. The van der Waals surface area contributed by atoms with Crippen molar-refractivity contribution in [3.8, 4) is 0 Å². The Morgan fingerprint density at radius 2 is 2.29 bits per heavy atom. The van der Waals surface area contributed by atoms with E-state index in [-0.39, 0.29) is 24.5 Å². The van der Waals surface area contributed by atoms with Crippen LogP contribution in [-0.4, -0.2) is 61.0 Å². The Kier molecular flexibility index (Phi) is 3.66. The van der Waals surface area contributed by atoms with Crippen LogP contribution in [-0.2, 0) is 14.3 Å². The highest BCUT2D eigenvalue weighted by Crippen LogP contribution is 2.29. The first-order chi connectivity index (χ1) is 8.17. The van der Waals surface area contributed by atoms with Crippen molar-refractivity contribution in [2.75, 3.05) is 33.4 Å². The molecule has 0 aliphatic carbocycles. The van der Waals surface area contributed by atoms with Crippen LogP contribution < -0.4 is 0 Å². The number of carbonyl (C=O) groups excluding carboxylic acids is 2. The zero-order valence-electron chi connectivity index (χ0n) is 10.5. The fraction of sp³-hybridized carbons (Fsp3) is 0.833. The normalized spacial score (nSPS) is 28.5. The predicted molar refractivity (Wildman–Crippen MR) is 62.4 cm³/mol. The highest BCUT2D eigenvalue weighted by atomic mass is 16.5. The number of fused-ring (bicyclic) bond motifs is 2. The number of piperidine rings is 2. The summed E-state index contributed by atoms with van der Waals surface area (Å²) in [6.45, 7) is 4.35. The monoisotopic (exact) mass is 240 g/mol. The van der Waals surface area contributed by atoms with Crippen molar-refractivity contribution in [3.05, 3.63) is 0 Å². The highest BCUT2D eigenvalue weighted by molar-refractivity contribution is 5.89. The van der Waals surface area contributed by atoms with E-state index in [0.29, 0.717) is 12.5 Å². The van der Waals surface area contributed by atoms with Crippen molar-refractivity contribution in [1.82, 2.24) is 9.80 Å². The molecule has 96 valence electrons. The molecule has 17 heavy (non-hydrogen) atoms. The quantitative estimate of drug-likeness (QED) is 0.703. The molecule has 2 aliphatic rings.